The molecule has 0 aliphatic carbocycles. The highest BCUT2D eigenvalue weighted by molar-refractivity contribution is 5.87. The maximum Gasteiger partial charge on any atom is 0.413 e. The number of rotatable bonds is 6. The van der Waals surface area contributed by atoms with Gasteiger partial charge in [-0.3, -0.25) is 14.6 Å². The molecule has 0 saturated carbocycles. The second kappa shape index (κ2) is 11.8. The molecule has 38 heavy (non-hydrogen) atoms. The summed E-state index contributed by atoms with van der Waals surface area (Å²) in [4.78, 5) is 52.7. The number of aliphatic carboxylic acids is 1. The van der Waals surface area contributed by atoms with Crippen LogP contribution in [0.2, 0.25) is 0 Å². The van der Waals surface area contributed by atoms with Gasteiger partial charge in [0.15, 0.2) is 0 Å². The van der Waals surface area contributed by atoms with Gasteiger partial charge in [-0.15, -0.1) is 0 Å². The van der Waals surface area contributed by atoms with E-state index in [9.17, 15) is 34.7 Å². The number of hydrogen-bond acceptors (Lipinski definition) is 8. The summed E-state index contributed by atoms with van der Waals surface area (Å²) in [5.41, 5.74) is -1.65. The van der Waals surface area contributed by atoms with E-state index in [1.807, 2.05) is 19.9 Å². The number of likely N-dealkylation sites (tertiary alicyclic amines) is 2. The number of carboxylic acids is 1. The Morgan fingerprint density at radius 1 is 1.00 bits per heavy atom. The molecule has 2 fully saturated rings. The molecule has 0 bridgehead atoms. The first-order chi connectivity index (χ1) is 17.3. The van der Waals surface area contributed by atoms with Crippen molar-refractivity contribution in [3.63, 3.8) is 0 Å². The first kappa shape index (κ1) is 31.1. The van der Waals surface area contributed by atoms with Crippen molar-refractivity contribution in [2.24, 2.45) is 17.8 Å². The van der Waals surface area contributed by atoms with Gasteiger partial charge in [0.25, 0.3) is 0 Å². The van der Waals surface area contributed by atoms with Crippen molar-refractivity contribution in [2.75, 3.05) is 6.54 Å². The molecule has 12 heteroatoms. The highest BCUT2D eigenvalue weighted by Crippen LogP contribution is 2.34. The molecule has 0 aromatic carbocycles. The van der Waals surface area contributed by atoms with Gasteiger partial charge < -0.3 is 25.0 Å². The average Bonchev–Trinajstić information content (AvgIpc) is 3.33. The molecule has 0 radical (unpaired) electrons. The predicted octanol–water partition coefficient (Wildman–Crippen LogP) is 2.70. The highest BCUT2D eigenvalue weighted by atomic mass is 16.6. The van der Waals surface area contributed by atoms with Gasteiger partial charge in [-0.25, -0.2) is 14.4 Å². The van der Waals surface area contributed by atoms with Gasteiger partial charge in [-0.2, -0.15) is 5.26 Å². The molecule has 214 valence electrons. The summed E-state index contributed by atoms with van der Waals surface area (Å²) in [5.74, 6) is -2.37. The lowest BCUT2D eigenvalue weighted by molar-refractivity contribution is -0.144. The van der Waals surface area contributed by atoms with Crippen LogP contribution in [0.1, 0.15) is 74.7 Å². The molecule has 2 rings (SSSR count). The summed E-state index contributed by atoms with van der Waals surface area (Å²) < 4.78 is 10.8. The van der Waals surface area contributed by atoms with E-state index in [1.54, 1.807) is 41.5 Å². The smallest absolute Gasteiger partial charge is 0.413 e. The molecular formula is C26H42N4O8. The van der Waals surface area contributed by atoms with Crippen LogP contribution >= 0.6 is 0 Å². The normalized spacial score (nSPS) is 26.6. The molecule has 12 nitrogen and oxygen atoms in total. The Kier molecular flexibility index (Phi) is 9.64. The van der Waals surface area contributed by atoms with Crippen LogP contribution in [0.25, 0.3) is 0 Å². The van der Waals surface area contributed by atoms with Crippen molar-refractivity contribution in [3.8, 4) is 6.07 Å². The second-order valence-corrected chi connectivity index (χ2v) is 12.5. The zero-order valence-corrected chi connectivity index (χ0v) is 23.6. The largest absolute Gasteiger partial charge is 0.480 e. The van der Waals surface area contributed by atoms with Crippen LogP contribution in [-0.2, 0) is 19.1 Å². The standard InChI is InChI=1S/C26H42N4O8/c1-14(2)16-11-18(29(13-16)23(35)37-25(3,4)5)20(31)28-17(12-27)9-15-10-19(22(33)34)30(21(15)32)24(36)38-26(6,7)8/h14-19,21,32H,9-11,13H2,1-8H3,(H,28,31)(H,33,34)/t15-,16?,17+,18+,19+,21?/m1/s1. The number of nitriles is 1. The van der Waals surface area contributed by atoms with Gasteiger partial charge in [-0.05, 0) is 72.6 Å². The maximum absolute atomic E-state index is 13.3. The third kappa shape index (κ3) is 7.96. The topological polar surface area (TPSA) is 170 Å². The van der Waals surface area contributed by atoms with Crippen LogP contribution in [-0.4, -0.2) is 86.2 Å². The van der Waals surface area contributed by atoms with E-state index in [0.29, 0.717) is 13.0 Å². The Bertz CT molecular complexity index is 948. The van der Waals surface area contributed by atoms with E-state index in [-0.39, 0.29) is 24.7 Å². The SMILES string of the molecule is CC(C)C1C[C@@H](C(=O)N[C@H](C#N)C[C@@H]2C[C@@H](C(=O)O)N(C(=O)OC(C)(C)C)C2O)N(C(=O)OC(C)(C)C)C1. The number of carbonyl (C=O) groups excluding carboxylic acids is 3. The van der Waals surface area contributed by atoms with Gasteiger partial charge in [0.05, 0.1) is 6.07 Å². The number of carbonyl (C=O) groups is 4. The monoisotopic (exact) mass is 538 g/mol. The van der Waals surface area contributed by atoms with Gasteiger partial charge in [0.1, 0.15) is 35.6 Å². The zero-order chi connectivity index (χ0) is 29.2. The fourth-order valence-corrected chi connectivity index (χ4v) is 4.76. The number of ether oxygens (including phenoxy) is 2. The van der Waals surface area contributed by atoms with Crippen molar-refractivity contribution in [3.05, 3.63) is 0 Å². The van der Waals surface area contributed by atoms with Crippen LogP contribution < -0.4 is 5.32 Å². The average molecular weight is 539 g/mol. The molecule has 2 aliphatic rings. The van der Waals surface area contributed by atoms with Crippen LogP contribution in [0.3, 0.4) is 0 Å². The van der Waals surface area contributed by atoms with E-state index < -0.39 is 65.5 Å². The first-order valence-electron chi connectivity index (χ1n) is 13.0. The summed E-state index contributed by atoms with van der Waals surface area (Å²) in [5, 5.41) is 32.9. The number of amides is 3. The van der Waals surface area contributed by atoms with Crippen LogP contribution in [0.5, 0.6) is 0 Å². The molecule has 2 heterocycles. The molecular weight excluding hydrogens is 496 g/mol. The Balaban J connectivity index is 2.16. The number of aliphatic hydroxyl groups excluding tert-OH is 1. The Morgan fingerprint density at radius 2 is 1.55 bits per heavy atom. The lowest BCUT2D eigenvalue weighted by atomic mass is 9.93. The van der Waals surface area contributed by atoms with Crippen LogP contribution in [0.4, 0.5) is 9.59 Å². The predicted molar refractivity (Wildman–Crippen MR) is 135 cm³/mol. The van der Waals surface area contributed by atoms with Gasteiger partial charge in [0.2, 0.25) is 5.91 Å². The summed E-state index contributed by atoms with van der Waals surface area (Å²) in [6.45, 7) is 14.4. The van der Waals surface area contributed by atoms with Gasteiger partial charge >= 0.3 is 18.2 Å². The van der Waals surface area contributed by atoms with Crippen molar-refractivity contribution in [1.82, 2.24) is 15.1 Å². The molecule has 0 spiro atoms. The van der Waals surface area contributed by atoms with Gasteiger partial charge in [-0.1, -0.05) is 13.8 Å². The third-order valence-electron chi connectivity index (χ3n) is 6.68. The summed E-state index contributed by atoms with van der Waals surface area (Å²) >= 11 is 0. The Labute approximate surface area is 224 Å². The fourth-order valence-electron chi connectivity index (χ4n) is 4.76. The minimum atomic E-state index is -1.52. The van der Waals surface area contributed by atoms with E-state index in [0.717, 1.165) is 4.90 Å². The number of hydrogen-bond donors (Lipinski definition) is 3. The summed E-state index contributed by atoms with van der Waals surface area (Å²) in [7, 11) is 0. The third-order valence-corrected chi connectivity index (χ3v) is 6.68. The lowest BCUT2D eigenvalue weighted by Crippen LogP contribution is -2.50. The van der Waals surface area contributed by atoms with E-state index >= 15 is 0 Å². The number of nitrogens with one attached hydrogen (secondary N) is 1. The fraction of sp³-hybridized carbons (Fsp3) is 0.808. The first-order valence-corrected chi connectivity index (χ1v) is 13.0. The summed E-state index contributed by atoms with van der Waals surface area (Å²) in [6.07, 6.45) is -2.92. The molecule has 2 saturated heterocycles. The molecule has 6 atom stereocenters. The molecule has 3 amide bonds. The number of carboxylic acid groups (broad SMARTS) is 1. The number of aliphatic hydroxyl groups is 1. The molecule has 0 aromatic heterocycles. The minimum absolute atomic E-state index is 0.0640. The zero-order valence-electron chi connectivity index (χ0n) is 23.6. The quantitative estimate of drug-likeness (QED) is 0.460. The minimum Gasteiger partial charge on any atom is -0.480 e. The van der Waals surface area contributed by atoms with Crippen molar-refractivity contribution < 1.29 is 38.9 Å². The van der Waals surface area contributed by atoms with Crippen LogP contribution in [0.15, 0.2) is 0 Å². The van der Waals surface area contributed by atoms with Crippen molar-refractivity contribution in [1.29, 1.82) is 5.26 Å². The Morgan fingerprint density at radius 3 is 2.03 bits per heavy atom. The molecule has 2 unspecified atom stereocenters. The van der Waals surface area contributed by atoms with E-state index in [4.69, 9.17) is 9.47 Å². The molecule has 3 N–H and O–H groups in total. The van der Waals surface area contributed by atoms with E-state index in [1.165, 1.54) is 4.90 Å². The molecule has 2 aliphatic heterocycles. The maximum atomic E-state index is 13.3. The van der Waals surface area contributed by atoms with Crippen LogP contribution in [0, 0.1) is 29.1 Å². The van der Waals surface area contributed by atoms with Crippen molar-refractivity contribution in [2.45, 2.75) is 110 Å². The lowest BCUT2D eigenvalue weighted by Gasteiger charge is -2.30. The van der Waals surface area contributed by atoms with E-state index in [2.05, 4.69) is 5.32 Å². The van der Waals surface area contributed by atoms with Gasteiger partial charge in [0, 0.05) is 12.5 Å². The second-order valence-electron chi connectivity index (χ2n) is 12.5. The van der Waals surface area contributed by atoms with Crippen molar-refractivity contribution >= 4 is 24.1 Å². The Hall–Kier alpha value is -3.07. The molecule has 0 aromatic rings. The summed E-state index contributed by atoms with van der Waals surface area (Å²) in [6, 6.07) is -1.29. The highest BCUT2D eigenvalue weighted by Gasteiger charge is 2.49. The number of nitrogens with zero attached hydrogens (tertiary/aromatic N) is 3.